The molecule has 1 aliphatic heterocycles. The molecule has 1 amide bonds. The molecule has 0 radical (unpaired) electrons. The Labute approximate surface area is 130 Å². The standard InChI is InChI=1S/C14H24N4O2S/c1-3-4-12-13(21-17-16-12)14(19)15-11-5-7-18(8-6-11)9-10-20-2/h11H,3-10H2,1-2H3,(H,15,19). The second-order valence-electron chi connectivity index (χ2n) is 5.38. The van der Waals surface area contributed by atoms with E-state index in [1.165, 1.54) is 11.5 Å². The third kappa shape index (κ3) is 4.72. The molecule has 0 spiro atoms. The molecule has 7 heteroatoms. The molecule has 1 aromatic heterocycles. The Kier molecular flexibility index (Phi) is 6.53. The molecule has 1 saturated heterocycles. The first kappa shape index (κ1) is 16.3. The van der Waals surface area contributed by atoms with Crippen LogP contribution in [0.5, 0.6) is 0 Å². The lowest BCUT2D eigenvalue weighted by Gasteiger charge is -2.32. The van der Waals surface area contributed by atoms with Crippen molar-refractivity contribution in [2.45, 2.75) is 38.6 Å². The molecule has 0 atom stereocenters. The summed E-state index contributed by atoms with van der Waals surface area (Å²) in [5, 5.41) is 7.18. The van der Waals surface area contributed by atoms with Gasteiger partial charge in [0.1, 0.15) is 4.88 Å². The van der Waals surface area contributed by atoms with Gasteiger partial charge in [-0.15, -0.1) is 5.10 Å². The number of ether oxygens (including phenoxy) is 1. The SMILES string of the molecule is CCCc1nnsc1C(=O)NC1CCN(CCOC)CC1. The van der Waals surface area contributed by atoms with E-state index in [1.807, 2.05) is 0 Å². The van der Waals surface area contributed by atoms with Gasteiger partial charge >= 0.3 is 0 Å². The number of aromatic nitrogens is 2. The molecule has 1 fully saturated rings. The Morgan fingerprint density at radius 2 is 2.24 bits per heavy atom. The Bertz CT molecular complexity index is 444. The second kappa shape index (κ2) is 8.41. The Balaban J connectivity index is 1.80. The lowest BCUT2D eigenvalue weighted by Crippen LogP contribution is -2.45. The lowest BCUT2D eigenvalue weighted by molar-refractivity contribution is 0.0895. The van der Waals surface area contributed by atoms with E-state index >= 15 is 0 Å². The van der Waals surface area contributed by atoms with Crippen LogP contribution in [0.2, 0.25) is 0 Å². The first-order chi connectivity index (χ1) is 10.2. The zero-order valence-corrected chi connectivity index (χ0v) is 13.6. The first-order valence-corrected chi connectivity index (χ1v) is 8.35. The van der Waals surface area contributed by atoms with Crippen LogP contribution in [0.15, 0.2) is 0 Å². The summed E-state index contributed by atoms with van der Waals surface area (Å²) in [4.78, 5) is 15.4. The molecule has 1 aliphatic rings. The highest BCUT2D eigenvalue weighted by Gasteiger charge is 2.23. The Hall–Kier alpha value is -1.05. The van der Waals surface area contributed by atoms with Gasteiger partial charge in [0.2, 0.25) is 0 Å². The van der Waals surface area contributed by atoms with Gasteiger partial charge in [0.15, 0.2) is 0 Å². The van der Waals surface area contributed by atoms with Crippen molar-refractivity contribution in [3.63, 3.8) is 0 Å². The van der Waals surface area contributed by atoms with Crippen molar-refractivity contribution in [3.05, 3.63) is 10.6 Å². The van der Waals surface area contributed by atoms with E-state index in [0.717, 1.165) is 57.6 Å². The monoisotopic (exact) mass is 312 g/mol. The molecule has 21 heavy (non-hydrogen) atoms. The number of aryl methyl sites for hydroxylation is 1. The molecule has 0 saturated carbocycles. The van der Waals surface area contributed by atoms with Gasteiger partial charge in [0.25, 0.3) is 5.91 Å². The topological polar surface area (TPSA) is 67.4 Å². The number of carbonyl (C=O) groups is 1. The fourth-order valence-corrected chi connectivity index (χ4v) is 3.16. The first-order valence-electron chi connectivity index (χ1n) is 7.58. The number of rotatable bonds is 7. The van der Waals surface area contributed by atoms with Gasteiger partial charge in [0.05, 0.1) is 12.3 Å². The maximum Gasteiger partial charge on any atom is 0.265 e. The molecular formula is C14H24N4O2S. The average molecular weight is 312 g/mol. The molecule has 2 heterocycles. The van der Waals surface area contributed by atoms with E-state index in [9.17, 15) is 4.79 Å². The summed E-state index contributed by atoms with van der Waals surface area (Å²) in [6.45, 7) is 5.84. The third-order valence-electron chi connectivity index (χ3n) is 3.78. The zero-order chi connectivity index (χ0) is 15.1. The number of nitrogens with zero attached hydrogens (tertiary/aromatic N) is 3. The summed E-state index contributed by atoms with van der Waals surface area (Å²) in [5.41, 5.74) is 0.831. The second-order valence-corrected chi connectivity index (χ2v) is 6.14. The van der Waals surface area contributed by atoms with E-state index in [1.54, 1.807) is 7.11 Å². The van der Waals surface area contributed by atoms with E-state index in [2.05, 4.69) is 26.7 Å². The molecule has 118 valence electrons. The summed E-state index contributed by atoms with van der Waals surface area (Å²) in [6, 6.07) is 0.257. The van der Waals surface area contributed by atoms with Crippen LogP contribution in [0.25, 0.3) is 0 Å². The summed E-state index contributed by atoms with van der Waals surface area (Å²) in [6.07, 6.45) is 3.77. The summed E-state index contributed by atoms with van der Waals surface area (Å²) in [5.74, 6) is -0.0104. The molecule has 0 unspecified atom stereocenters. The van der Waals surface area contributed by atoms with E-state index in [-0.39, 0.29) is 11.9 Å². The molecule has 1 aromatic rings. The van der Waals surface area contributed by atoms with Gasteiger partial charge in [-0.25, -0.2) is 0 Å². The maximum atomic E-state index is 12.3. The fourth-order valence-electron chi connectivity index (χ4n) is 2.55. The summed E-state index contributed by atoms with van der Waals surface area (Å²) in [7, 11) is 1.73. The highest BCUT2D eigenvalue weighted by atomic mass is 32.1. The van der Waals surface area contributed by atoms with Crippen molar-refractivity contribution in [1.29, 1.82) is 0 Å². The predicted molar refractivity (Wildman–Crippen MR) is 82.7 cm³/mol. The molecule has 0 aliphatic carbocycles. The minimum Gasteiger partial charge on any atom is -0.383 e. The van der Waals surface area contributed by atoms with Crippen molar-refractivity contribution < 1.29 is 9.53 Å². The third-order valence-corrected chi connectivity index (χ3v) is 4.55. The van der Waals surface area contributed by atoms with Crippen molar-refractivity contribution in [3.8, 4) is 0 Å². The van der Waals surface area contributed by atoms with Crippen LogP contribution in [-0.4, -0.2) is 59.8 Å². The van der Waals surface area contributed by atoms with E-state index in [0.29, 0.717) is 4.88 Å². The Morgan fingerprint density at radius 1 is 1.48 bits per heavy atom. The highest BCUT2D eigenvalue weighted by molar-refractivity contribution is 7.08. The van der Waals surface area contributed by atoms with Crippen LogP contribution < -0.4 is 5.32 Å². The van der Waals surface area contributed by atoms with Gasteiger partial charge < -0.3 is 15.0 Å². The number of piperidine rings is 1. The van der Waals surface area contributed by atoms with Crippen LogP contribution in [-0.2, 0) is 11.2 Å². The lowest BCUT2D eigenvalue weighted by atomic mass is 10.0. The van der Waals surface area contributed by atoms with Crippen LogP contribution in [0.3, 0.4) is 0 Å². The van der Waals surface area contributed by atoms with Crippen LogP contribution in [0, 0.1) is 0 Å². The van der Waals surface area contributed by atoms with Gasteiger partial charge in [-0.2, -0.15) is 0 Å². The molecule has 0 aromatic carbocycles. The van der Waals surface area contributed by atoms with Crippen molar-refractivity contribution in [1.82, 2.24) is 19.8 Å². The minimum absolute atomic E-state index is 0.0104. The van der Waals surface area contributed by atoms with Gasteiger partial charge in [0, 0.05) is 32.8 Å². The smallest absolute Gasteiger partial charge is 0.265 e. The molecule has 0 bridgehead atoms. The molecule has 6 nitrogen and oxygen atoms in total. The van der Waals surface area contributed by atoms with Crippen molar-refractivity contribution in [2.75, 3.05) is 33.4 Å². The van der Waals surface area contributed by atoms with Crippen LogP contribution >= 0.6 is 11.5 Å². The number of likely N-dealkylation sites (tertiary alicyclic amines) is 1. The van der Waals surface area contributed by atoms with Gasteiger partial charge in [-0.1, -0.05) is 17.8 Å². The largest absolute Gasteiger partial charge is 0.383 e. The predicted octanol–water partition coefficient (Wildman–Crippen LogP) is 1.33. The highest BCUT2D eigenvalue weighted by Crippen LogP contribution is 2.15. The van der Waals surface area contributed by atoms with E-state index < -0.39 is 0 Å². The minimum atomic E-state index is -0.0104. The van der Waals surface area contributed by atoms with Crippen LogP contribution in [0.4, 0.5) is 0 Å². The van der Waals surface area contributed by atoms with Gasteiger partial charge in [-0.3, -0.25) is 4.79 Å². The number of carbonyl (C=O) groups excluding carboxylic acids is 1. The number of hydrogen-bond donors (Lipinski definition) is 1. The normalized spacial score (nSPS) is 17.0. The number of hydrogen-bond acceptors (Lipinski definition) is 6. The van der Waals surface area contributed by atoms with Crippen LogP contribution in [0.1, 0.15) is 41.6 Å². The molecule has 2 rings (SSSR count). The quantitative estimate of drug-likeness (QED) is 0.823. The zero-order valence-electron chi connectivity index (χ0n) is 12.8. The van der Waals surface area contributed by atoms with Gasteiger partial charge in [-0.05, 0) is 30.8 Å². The molecule has 1 N–H and O–H groups in total. The summed E-state index contributed by atoms with van der Waals surface area (Å²) >= 11 is 1.20. The number of methoxy groups -OCH3 is 1. The van der Waals surface area contributed by atoms with Crippen molar-refractivity contribution >= 4 is 17.4 Å². The fraction of sp³-hybridized carbons (Fsp3) is 0.786. The van der Waals surface area contributed by atoms with Crippen molar-refractivity contribution in [2.24, 2.45) is 0 Å². The Morgan fingerprint density at radius 3 is 2.90 bits per heavy atom. The molecular weight excluding hydrogens is 288 g/mol. The summed E-state index contributed by atoms with van der Waals surface area (Å²) < 4.78 is 9.01. The maximum absolute atomic E-state index is 12.3. The number of nitrogens with one attached hydrogen (secondary N) is 1. The number of amides is 1. The average Bonchev–Trinajstić information content (AvgIpc) is 2.95. The van der Waals surface area contributed by atoms with E-state index in [4.69, 9.17) is 4.74 Å².